The lowest BCUT2D eigenvalue weighted by atomic mass is 9.76. The van der Waals surface area contributed by atoms with Crippen LogP contribution < -0.4 is 5.73 Å². The van der Waals surface area contributed by atoms with E-state index in [2.05, 4.69) is 39.5 Å². The Kier molecular flexibility index (Phi) is 6.50. The number of likely N-dealkylation sites (tertiary alicyclic amines) is 1. The Hall–Kier alpha value is -0.570. The van der Waals surface area contributed by atoms with Gasteiger partial charge in [-0.15, -0.1) is 0 Å². The lowest BCUT2D eigenvalue weighted by Crippen LogP contribution is -2.47. The van der Waals surface area contributed by atoms with Crippen LogP contribution in [0, 0.1) is 11.3 Å². The second kappa shape index (κ2) is 7.44. The molecule has 3 atom stereocenters. The molecule has 1 fully saturated rings. The second-order valence-electron chi connectivity index (χ2n) is 7.61. The Morgan fingerprint density at radius 3 is 2.20 bits per heavy atom. The van der Waals surface area contributed by atoms with Gasteiger partial charge in [-0.3, -0.25) is 4.79 Å². The summed E-state index contributed by atoms with van der Waals surface area (Å²) in [5, 5.41) is 0. The molecule has 3 heteroatoms. The molecule has 0 aromatic heterocycles. The van der Waals surface area contributed by atoms with Gasteiger partial charge in [0.2, 0.25) is 5.91 Å². The molecule has 3 unspecified atom stereocenters. The van der Waals surface area contributed by atoms with Gasteiger partial charge in [-0.25, -0.2) is 0 Å². The third-order valence-corrected chi connectivity index (χ3v) is 4.93. The molecule has 118 valence electrons. The first-order valence-corrected chi connectivity index (χ1v) is 8.28. The van der Waals surface area contributed by atoms with E-state index in [-0.39, 0.29) is 5.41 Å². The van der Waals surface area contributed by atoms with Gasteiger partial charge in [-0.05, 0) is 63.8 Å². The molecule has 0 bridgehead atoms. The minimum Gasteiger partial charge on any atom is -0.337 e. The zero-order valence-corrected chi connectivity index (χ0v) is 14.1. The number of amides is 1. The number of nitrogens with two attached hydrogens (primary N) is 1. The summed E-state index contributed by atoms with van der Waals surface area (Å²) in [6.07, 6.45) is 6.22. The number of carbonyl (C=O) groups is 1. The number of hydrogen-bond donors (Lipinski definition) is 1. The molecule has 1 aliphatic heterocycles. The Balaban J connectivity index is 2.56. The van der Waals surface area contributed by atoms with Crippen LogP contribution in [0.4, 0.5) is 0 Å². The number of rotatable bonds is 5. The highest BCUT2D eigenvalue weighted by molar-refractivity contribution is 5.77. The van der Waals surface area contributed by atoms with E-state index in [0.717, 1.165) is 25.7 Å². The summed E-state index contributed by atoms with van der Waals surface area (Å²) in [5.41, 5.74) is 5.96. The molecule has 1 rings (SSSR count). The van der Waals surface area contributed by atoms with Crippen LogP contribution in [0.15, 0.2) is 0 Å². The van der Waals surface area contributed by atoms with Crippen molar-refractivity contribution in [1.82, 2.24) is 4.90 Å². The van der Waals surface area contributed by atoms with Crippen molar-refractivity contribution in [3.8, 4) is 0 Å². The molecule has 1 saturated heterocycles. The van der Waals surface area contributed by atoms with Crippen LogP contribution in [0.3, 0.4) is 0 Å². The average Bonchev–Trinajstić information content (AvgIpc) is 2.32. The molecule has 0 radical (unpaired) electrons. The van der Waals surface area contributed by atoms with Gasteiger partial charge in [0.25, 0.3) is 0 Å². The summed E-state index contributed by atoms with van der Waals surface area (Å²) >= 11 is 0. The van der Waals surface area contributed by atoms with Crippen LogP contribution in [0.25, 0.3) is 0 Å². The molecule has 1 aliphatic rings. The minimum absolute atomic E-state index is 0.235. The summed E-state index contributed by atoms with van der Waals surface area (Å²) < 4.78 is 0. The van der Waals surface area contributed by atoms with Gasteiger partial charge in [-0.2, -0.15) is 0 Å². The molecular weight excluding hydrogens is 248 g/mol. The summed E-state index contributed by atoms with van der Waals surface area (Å²) in [6, 6.07) is 0.822. The highest BCUT2D eigenvalue weighted by Crippen LogP contribution is 2.33. The van der Waals surface area contributed by atoms with E-state index >= 15 is 0 Å². The second-order valence-corrected chi connectivity index (χ2v) is 7.61. The Morgan fingerprint density at radius 1 is 1.20 bits per heavy atom. The van der Waals surface area contributed by atoms with E-state index in [4.69, 9.17) is 5.73 Å². The normalized spacial score (nSPS) is 25.6. The van der Waals surface area contributed by atoms with Crippen LogP contribution in [-0.4, -0.2) is 29.4 Å². The van der Waals surface area contributed by atoms with Crippen LogP contribution in [-0.2, 0) is 4.79 Å². The van der Waals surface area contributed by atoms with E-state index < -0.39 is 0 Å². The van der Waals surface area contributed by atoms with Crippen molar-refractivity contribution in [2.75, 3.05) is 6.54 Å². The SMILES string of the molecule is CC1CCCC(C)N1C(=O)CCC(CCN)C(C)(C)C. The van der Waals surface area contributed by atoms with E-state index in [0.29, 0.717) is 36.9 Å². The molecular formula is C17H34N2O. The first-order valence-electron chi connectivity index (χ1n) is 8.28. The van der Waals surface area contributed by atoms with Crippen molar-refractivity contribution in [3.63, 3.8) is 0 Å². The van der Waals surface area contributed by atoms with E-state index in [1.165, 1.54) is 6.42 Å². The number of piperidine rings is 1. The zero-order chi connectivity index (χ0) is 15.3. The van der Waals surface area contributed by atoms with Gasteiger partial charge in [0, 0.05) is 18.5 Å². The topological polar surface area (TPSA) is 46.3 Å². The van der Waals surface area contributed by atoms with Crippen LogP contribution in [0.2, 0.25) is 0 Å². The fraction of sp³-hybridized carbons (Fsp3) is 0.941. The number of nitrogens with zero attached hydrogens (tertiary/aromatic N) is 1. The molecule has 0 aromatic rings. The van der Waals surface area contributed by atoms with Gasteiger partial charge in [0.05, 0.1) is 0 Å². The van der Waals surface area contributed by atoms with Crippen molar-refractivity contribution in [2.24, 2.45) is 17.1 Å². The zero-order valence-electron chi connectivity index (χ0n) is 14.1. The van der Waals surface area contributed by atoms with Crippen molar-refractivity contribution < 1.29 is 4.79 Å². The number of hydrogen-bond acceptors (Lipinski definition) is 2. The van der Waals surface area contributed by atoms with Crippen molar-refractivity contribution >= 4 is 5.91 Å². The number of carbonyl (C=O) groups excluding carboxylic acids is 1. The highest BCUT2D eigenvalue weighted by atomic mass is 16.2. The molecule has 2 N–H and O–H groups in total. The first-order chi connectivity index (χ1) is 9.27. The first kappa shape index (κ1) is 17.5. The van der Waals surface area contributed by atoms with E-state index in [9.17, 15) is 4.79 Å². The standard InChI is InChI=1S/C17H34N2O/c1-13-7-6-8-14(2)19(13)16(20)10-9-15(11-12-18)17(3,4)5/h13-15H,6-12,18H2,1-5H3. The minimum atomic E-state index is 0.235. The average molecular weight is 282 g/mol. The quantitative estimate of drug-likeness (QED) is 0.838. The maximum atomic E-state index is 12.5. The molecule has 0 spiro atoms. The maximum absolute atomic E-state index is 12.5. The molecule has 0 aromatic carbocycles. The third-order valence-electron chi connectivity index (χ3n) is 4.93. The monoisotopic (exact) mass is 282 g/mol. The molecule has 20 heavy (non-hydrogen) atoms. The highest BCUT2D eigenvalue weighted by Gasteiger charge is 2.30. The van der Waals surface area contributed by atoms with Gasteiger partial charge in [-0.1, -0.05) is 20.8 Å². The lowest BCUT2D eigenvalue weighted by Gasteiger charge is -2.40. The van der Waals surface area contributed by atoms with Crippen molar-refractivity contribution in [2.45, 2.75) is 85.2 Å². The van der Waals surface area contributed by atoms with Crippen molar-refractivity contribution in [3.05, 3.63) is 0 Å². The third kappa shape index (κ3) is 4.76. The molecule has 0 aliphatic carbocycles. The maximum Gasteiger partial charge on any atom is 0.223 e. The lowest BCUT2D eigenvalue weighted by molar-refractivity contribution is -0.137. The van der Waals surface area contributed by atoms with Gasteiger partial charge >= 0.3 is 0 Å². The molecule has 1 amide bonds. The van der Waals surface area contributed by atoms with Gasteiger partial charge in [0.1, 0.15) is 0 Å². The summed E-state index contributed by atoms with van der Waals surface area (Å²) in [6.45, 7) is 11.9. The Bertz CT molecular complexity index is 299. The largest absolute Gasteiger partial charge is 0.337 e. The Labute approximate surface area is 125 Å². The summed E-state index contributed by atoms with van der Waals surface area (Å²) in [7, 11) is 0. The van der Waals surface area contributed by atoms with E-state index in [1.54, 1.807) is 0 Å². The summed E-state index contributed by atoms with van der Waals surface area (Å²) in [4.78, 5) is 14.7. The van der Waals surface area contributed by atoms with Crippen molar-refractivity contribution in [1.29, 1.82) is 0 Å². The Morgan fingerprint density at radius 2 is 1.75 bits per heavy atom. The fourth-order valence-corrected chi connectivity index (χ4v) is 3.55. The van der Waals surface area contributed by atoms with E-state index in [1.807, 2.05) is 0 Å². The van der Waals surface area contributed by atoms with Gasteiger partial charge in [0.15, 0.2) is 0 Å². The van der Waals surface area contributed by atoms with Crippen LogP contribution in [0.1, 0.15) is 73.1 Å². The fourth-order valence-electron chi connectivity index (χ4n) is 3.55. The molecule has 0 saturated carbocycles. The smallest absolute Gasteiger partial charge is 0.223 e. The predicted molar refractivity (Wildman–Crippen MR) is 85.5 cm³/mol. The molecule has 3 nitrogen and oxygen atoms in total. The summed E-state index contributed by atoms with van der Waals surface area (Å²) in [5.74, 6) is 0.878. The predicted octanol–water partition coefficient (Wildman–Crippen LogP) is 3.57. The van der Waals surface area contributed by atoms with Gasteiger partial charge < -0.3 is 10.6 Å². The molecule has 1 heterocycles. The van der Waals surface area contributed by atoms with Crippen LogP contribution >= 0.6 is 0 Å². The van der Waals surface area contributed by atoms with Crippen LogP contribution in [0.5, 0.6) is 0 Å².